The number of hydrogen-bond donors (Lipinski definition) is 0. The van der Waals surface area contributed by atoms with E-state index in [-0.39, 0.29) is 17.6 Å². The molecule has 0 unspecified atom stereocenters. The molecule has 2 fully saturated rings. The number of halogens is 1. The molecule has 3 aromatic carbocycles. The van der Waals surface area contributed by atoms with E-state index in [9.17, 15) is 14.4 Å². The van der Waals surface area contributed by atoms with E-state index in [1.54, 1.807) is 42.5 Å². The lowest BCUT2D eigenvalue weighted by atomic mass is 10.1. The average Bonchev–Trinajstić information content (AvgIpc) is 3.57. The van der Waals surface area contributed by atoms with E-state index in [0.29, 0.717) is 85.7 Å². The third-order valence-corrected chi connectivity index (χ3v) is 9.74. The first kappa shape index (κ1) is 34.5. The Balaban J connectivity index is 0.896. The van der Waals surface area contributed by atoms with Crippen LogP contribution in [0.1, 0.15) is 40.3 Å². The van der Waals surface area contributed by atoms with Crippen LogP contribution in [-0.2, 0) is 4.79 Å². The largest absolute Gasteiger partial charge is 0.492 e. The SMILES string of the molecule is CCN(CC)c1ccc2cc(C(=O)c3ccc(OCCN4CCN(C(=O)CN5CCN(C(=O)c6ccc(Cl)cc6)CC5)CC4)cc3)oc2c1. The van der Waals surface area contributed by atoms with Gasteiger partial charge < -0.3 is 23.9 Å². The van der Waals surface area contributed by atoms with Crippen LogP contribution >= 0.6 is 11.6 Å². The number of ketones is 1. The van der Waals surface area contributed by atoms with Gasteiger partial charge in [-0.05, 0) is 80.6 Å². The summed E-state index contributed by atoms with van der Waals surface area (Å²) in [6, 6.07) is 22.0. The predicted octanol–water partition coefficient (Wildman–Crippen LogP) is 5.14. The van der Waals surface area contributed by atoms with Gasteiger partial charge in [0.15, 0.2) is 5.76 Å². The lowest BCUT2D eigenvalue weighted by Crippen LogP contribution is -2.54. The lowest BCUT2D eigenvalue weighted by molar-refractivity contribution is -0.134. The van der Waals surface area contributed by atoms with Crippen LogP contribution in [0.4, 0.5) is 5.69 Å². The van der Waals surface area contributed by atoms with Gasteiger partial charge in [-0.2, -0.15) is 0 Å². The minimum absolute atomic E-state index is 0.00148. The van der Waals surface area contributed by atoms with Crippen molar-refractivity contribution in [2.45, 2.75) is 13.8 Å². The molecule has 2 aliphatic rings. The topological polar surface area (TPSA) is 89.8 Å². The second kappa shape index (κ2) is 15.9. The van der Waals surface area contributed by atoms with Crippen LogP contribution in [-0.4, -0.2) is 122 Å². The Morgan fingerprint density at radius 3 is 2.06 bits per heavy atom. The standard InChI is InChI=1S/C38H44ClN5O5/c1-3-42(4-2)32-12-7-30-25-35(49-34(30)26-32)37(46)28-8-13-33(14-9-28)48-24-23-40-15-19-43(20-16-40)36(45)27-41-17-21-44(22-18-41)38(47)29-5-10-31(39)11-6-29/h5-14,25-26H,3-4,15-24,27H2,1-2H3. The Morgan fingerprint density at radius 2 is 1.39 bits per heavy atom. The number of anilines is 1. The van der Waals surface area contributed by atoms with Crippen LogP contribution in [0.5, 0.6) is 5.75 Å². The average molecular weight is 686 g/mol. The van der Waals surface area contributed by atoms with E-state index in [1.807, 2.05) is 34.1 Å². The minimum atomic E-state index is -0.161. The van der Waals surface area contributed by atoms with Crippen molar-refractivity contribution in [1.29, 1.82) is 0 Å². The summed E-state index contributed by atoms with van der Waals surface area (Å²) in [5.74, 6) is 0.996. The van der Waals surface area contributed by atoms with Crippen molar-refractivity contribution in [2.75, 3.05) is 90.0 Å². The van der Waals surface area contributed by atoms with Gasteiger partial charge >= 0.3 is 0 Å². The summed E-state index contributed by atoms with van der Waals surface area (Å²) in [5, 5.41) is 1.51. The smallest absolute Gasteiger partial charge is 0.253 e. The van der Waals surface area contributed by atoms with Gasteiger partial charge in [-0.3, -0.25) is 24.2 Å². The van der Waals surface area contributed by atoms with E-state index in [4.69, 9.17) is 20.8 Å². The molecule has 0 atom stereocenters. The summed E-state index contributed by atoms with van der Waals surface area (Å²) in [7, 11) is 0. The Morgan fingerprint density at radius 1 is 0.755 bits per heavy atom. The number of carbonyl (C=O) groups excluding carboxylic acids is 3. The first-order chi connectivity index (χ1) is 23.8. The molecule has 0 N–H and O–H groups in total. The molecule has 0 bridgehead atoms. The van der Waals surface area contributed by atoms with E-state index in [1.165, 1.54) is 0 Å². The van der Waals surface area contributed by atoms with Crippen LogP contribution in [0.15, 0.2) is 77.2 Å². The van der Waals surface area contributed by atoms with Gasteiger partial charge in [0.05, 0.1) is 6.54 Å². The summed E-state index contributed by atoms with van der Waals surface area (Å²) in [6.07, 6.45) is 0. The molecule has 2 amide bonds. The molecule has 0 saturated carbocycles. The van der Waals surface area contributed by atoms with Gasteiger partial charge in [-0.25, -0.2) is 0 Å². The van der Waals surface area contributed by atoms with Crippen LogP contribution in [0.25, 0.3) is 11.0 Å². The highest BCUT2D eigenvalue weighted by Gasteiger charge is 2.27. The van der Waals surface area contributed by atoms with E-state index < -0.39 is 0 Å². The van der Waals surface area contributed by atoms with Gasteiger partial charge in [0.25, 0.3) is 5.91 Å². The Kier molecular flexibility index (Phi) is 11.2. The molecule has 0 radical (unpaired) electrons. The molecule has 2 saturated heterocycles. The number of nitrogens with zero attached hydrogens (tertiary/aromatic N) is 5. The van der Waals surface area contributed by atoms with Gasteiger partial charge in [-0.15, -0.1) is 0 Å². The van der Waals surface area contributed by atoms with Gasteiger partial charge in [0, 0.05) is 105 Å². The molecule has 2 aliphatic heterocycles. The van der Waals surface area contributed by atoms with E-state index in [2.05, 4.69) is 34.6 Å². The molecule has 49 heavy (non-hydrogen) atoms. The number of benzene rings is 3. The summed E-state index contributed by atoms with van der Waals surface area (Å²) in [5.41, 5.74) is 2.96. The zero-order chi connectivity index (χ0) is 34.3. The second-order valence-electron chi connectivity index (χ2n) is 12.5. The molecule has 10 nitrogen and oxygen atoms in total. The fraction of sp³-hybridized carbons (Fsp3) is 0.395. The predicted molar refractivity (Wildman–Crippen MR) is 192 cm³/mol. The summed E-state index contributed by atoms with van der Waals surface area (Å²) in [6.45, 7) is 13.2. The lowest BCUT2D eigenvalue weighted by Gasteiger charge is -2.38. The minimum Gasteiger partial charge on any atom is -0.492 e. The van der Waals surface area contributed by atoms with Gasteiger partial charge in [0.1, 0.15) is 17.9 Å². The monoisotopic (exact) mass is 685 g/mol. The molecule has 6 rings (SSSR count). The number of hydrogen-bond acceptors (Lipinski definition) is 8. The van der Waals surface area contributed by atoms with Crippen molar-refractivity contribution < 1.29 is 23.5 Å². The third kappa shape index (κ3) is 8.44. The maximum absolute atomic E-state index is 13.2. The first-order valence-corrected chi connectivity index (χ1v) is 17.5. The molecular weight excluding hydrogens is 642 g/mol. The highest BCUT2D eigenvalue weighted by atomic mass is 35.5. The van der Waals surface area contributed by atoms with E-state index >= 15 is 0 Å². The van der Waals surface area contributed by atoms with Crippen molar-refractivity contribution in [2.24, 2.45) is 0 Å². The Hall–Kier alpha value is -4.38. The molecule has 3 heterocycles. The molecule has 4 aromatic rings. The van der Waals surface area contributed by atoms with Gasteiger partial charge in [0.2, 0.25) is 11.7 Å². The van der Waals surface area contributed by atoms with Crippen molar-refractivity contribution in [1.82, 2.24) is 19.6 Å². The fourth-order valence-corrected chi connectivity index (χ4v) is 6.58. The van der Waals surface area contributed by atoms with Crippen molar-refractivity contribution in [3.8, 4) is 5.75 Å². The quantitative estimate of drug-likeness (QED) is 0.190. The van der Waals surface area contributed by atoms with Crippen LogP contribution in [0.3, 0.4) is 0 Å². The highest BCUT2D eigenvalue weighted by molar-refractivity contribution is 6.30. The molecule has 0 aliphatic carbocycles. The molecule has 258 valence electrons. The highest BCUT2D eigenvalue weighted by Crippen LogP contribution is 2.27. The summed E-state index contributed by atoms with van der Waals surface area (Å²) < 4.78 is 11.9. The number of carbonyl (C=O) groups is 3. The zero-order valence-corrected chi connectivity index (χ0v) is 29.0. The zero-order valence-electron chi connectivity index (χ0n) is 28.3. The van der Waals surface area contributed by atoms with Crippen LogP contribution in [0, 0.1) is 0 Å². The maximum atomic E-state index is 13.2. The van der Waals surface area contributed by atoms with Crippen LogP contribution in [0.2, 0.25) is 5.02 Å². The first-order valence-electron chi connectivity index (χ1n) is 17.1. The summed E-state index contributed by atoms with van der Waals surface area (Å²) in [4.78, 5) is 49.4. The second-order valence-corrected chi connectivity index (χ2v) is 12.9. The van der Waals surface area contributed by atoms with Gasteiger partial charge in [-0.1, -0.05) is 11.6 Å². The maximum Gasteiger partial charge on any atom is 0.253 e. The third-order valence-electron chi connectivity index (χ3n) is 9.48. The Bertz CT molecular complexity index is 1740. The molecule has 0 spiro atoms. The summed E-state index contributed by atoms with van der Waals surface area (Å²) >= 11 is 5.95. The Labute approximate surface area is 292 Å². The van der Waals surface area contributed by atoms with Crippen molar-refractivity contribution in [3.63, 3.8) is 0 Å². The molecular formula is C38H44ClN5O5. The van der Waals surface area contributed by atoms with Crippen molar-refractivity contribution in [3.05, 3.63) is 94.7 Å². The number of furan rings is 1. The normalized spacial score (nSPS) is 15.8. The van der Waals surface area contributed by atoms with E-state index in [0.717, 1.165) is 43.8 Å². The number of piperazine rings is 2. The number of ether oxygens (including phenoxy) is 1. The molecule has 11 heteroatoms. The van der Waals surface area contributed by atoms with Crippen LogP contribution < -0.4 is 9.64 Å². The fourth-order valence-electron chi connectivity index (χ4n) is 6.45. The van der Waals surface area contributed by atoms with Crippen molar-refractivity contribution >= 4 is 45.9 Å². The number of rotatable bonds is 12. The number of fused-ring (bicyclic) bond motifs is 1. The number of amides is 2. The molecule has 1 aromatic heterocycles.